The van der Waals surface area contributed by atoms with Crippen LogP contribution < -0.4 is 0 Å². The predicted octanol–water partition coefficient (Wildman–Crippen LogP) is 0.853. The van der Waals surface area contributed by atoms with Crippen LogP contribution in [-0.2, 0) is 4.84 Å². The third-order valence-corrected chi connectivity index (χ3v) is 3.01. The molecular formula is C13H16N4O4. The van der Waals surface area contributed by atoms with Crippen LogP contribution in [0.2, 0.25) is 0 Å². The summed E-state index contributed by atoms with van der Waals surface area (Å²) in [6.07, 6.45) is 0. The summed E-state index contributed by atoms with van der Waals surface area (Å²) >= 11 is 0. The van der Waals surface area contributed by atoms with E-state index >= 15 is 0 Å². The minimum Gasteiger partial charge on any atom is -0.394 e. The van der Waals surface area contributed by atoms with Gasteiger partial charge in [-0.15, -0.1) is 0 Å². The number of benzene rings is 1. The third-order valence-electron chi connectivity index (χ3n) is 3.01. The van der Waals surface area contributed by atoms with Crippen LogP contribution in [0.1, 0.15) is 27.6 Å². The molecule has 0 aromatic heterocycles. The van der Waals surface area contributed by atoms with E-state index in [0.717, 1.165) is 4.90 Å². The van der Waals surface area contributed by atoms with Crippen molar-refractivity contribution in [2.75, 3.05) is 26.4 Å². The Hall–Kier alpha value is -2.48. The first-order chi connectivity index (χ1) is 10.2. The van der Waals surface area contributed by atoms with Crippen LogP contribution in [-0.4, -0.2) is 53.3 Å². The highest BCUT2D eigenvalue weighted by Crippen LogP contribution is 2.22. The van der Waals surface area contributed by atoms with Crippen LogP contribution in [0.25, 0.3) is 0 Å². The zero-order valence-corrected chi connectivity index (χ0v) is 11.6. The fraction of sp³-hybridized carbons (Fsp3) is 0.385. The van der Waals surface area contributed by atoms with Crippen molar-refractivity contribution in [2.45, 2.75) is 6.92 Å². The molecule has 0 saturated carbocycles. The number of hydrogen-bond donors (Lipinski definition) is 1. The molecule has 0 spiro atoms. The summed E-state index contributed by atoms with van der Waals surface area (Å²) < 4.78 is 0. The number of nitrogens with zero attached hydrogens (tertiary/aromatic N) is 4. The van der Waals surface area contributed by atoms with Gasteiger partial charge < -0.3 is 9.94 Å². The maximum absolute atomic E-state index is 12.0. The fourth-order valence-electron chi connectivity index (χ4n) is 1.90. The van der Waals surface area contributed by atoms with Crippen molar-refractivity contribution in [2.24, 2.45) is 10.5 Å². The lowest BCUT2D eigenvalue weighted by atomic mass is 10.1. The molecule has 112 valence electrons. The Morgan fingerprint density at radius 1 is 1.24 bits per heavy atom. The quantitative estimate of drug-likeness (QED) is 0.457. The van der Waals surface area contributed by atoms with Crippen LogP contribution in [0.3, 0.4) is 0 Å². The summed E-state index contributed by atoms with van der Waals surface area (Å²) in [5, 5.41) is 17.4. The van der Waals surface area contributed by atoms with Crippen molar-refractivity contribution in [3.63, 3.8) is 0 Å². The average molecular weight is 292 g/mol. The molecule has 1 aromatic carbocycles. The Morgan fingerprint density at radius 3 is 2.38 bits per heavy atom. The normalized spacial score (nSPS) is 13.9. The molecule has 0 fully saturated rings. The van der Waals surface area contributed by atoms with Crippen LogP contribution in [0, 0.1) is 0 Å². The van der Waals surface area contributed by atoms with E-state index in [9.17, 15) is 9.59 Å². The Balaban J connectivity index is 1.92. The van der Waals surface area contributed by atoms with Gasteiger partial charge in [0.25, 0.3) is 11.8 Å². The van der Waals surface area contributed by atoms with Gasteiger partial charge in [0, 0.05) is 11.8 Å². The Bertz CT molecular complexity index is 526. The lowest BCUT2D eigenvalue weighted by Gasteiger charge is -2.13. The highest BCUT2D eigenvalue weighted by molar-refractivity contribution is 6.21. The standard InChI is InChI=1S/C13H16N4O4/c1-2-16(7-8-18)14-15-21-9-17-12(19)10-5-3-4-6-11(10)13(17)20/h3-6,18H,2,7-9H2,1H3/b15-14+. The Morgan fingerprint density at radius 2 is 1.86 bits per heavy atom. The number of hydrogen-bond acceptors (Lipinski definition) is 6. The van der Waals surface area contributed by atoms with E-state index in [4.69, 9.17) is 9.94 Å². The second-order valence-corrected chi connectivity index (χ2v) is 4.28. The maximum Gasteiger partial charge on any atom is 0.264 e. The topological polar surface area (TPSA) is 94.8 Å². The maximum atomic E-state index is 12.0. The molecule has 8 heteroatoms. The SMILES string of the molecule is CCN(CCO)/N=N/OCN1C(=O)c2ccccc2C1=O. The van der Waals surface area contributed by atoms with E-state index in [1.165, 1.54) is 5.01 Å². The van der Waals surface area contributed by atoms with Gasteiger partial charge in [0.15, 0.2) is 0 Å². The van der Waals surface area contributed by atoms with Gasteiger partial charge in [0.05, 0.1) is 24.3 Å². The van der Waals surface area contributed by atoms with Crippen molar-refractivity contribution in [1.29, 1.82) is 0 Å². The summed E-state index contributed by atoms with van der Waals surface area (Å²) in [5.41, 5.74) is 0.719. The van der Waals surface area contributed by atoms with Crippen LogP contribution in [0.5, 0.6) is 0 Å². The molecule has 8 nitrogen and oxygen atoms in total. The number of carbonyl (C=O) groups is 2. The molecule has 1 aromatic rings. The largest absolute Gasteiger partial charge is 0.394 e. The van der Waals surface area contributed by atoms with Gasteiger partial charge in [0.2, 0.25) is 6.73 Å². The molecule has 1 heterocycles. The van der Waals surface area contributed by atoms with Crippen LogP contribution in [0.4, 0.5) is 0 Å². The van der Waals surface area contributed by atoms with Gasteiger partial charge in [0.1, 0.15) is 0 Å². The highest BCUT2D eigenvalue weighted by atomic mass is 16.7. The van der Waals surface area contributed by atoms with Gasteiger partial charge in [-0.3, -0.25) is 14.6 Å². The molecule has 0 radical (unpaired) electrons. The smallest absolute Gasteiger partial charge is 0.264 e. The second-order valence-electron chi connectivity index (χ2n) is 4.28. The number of amides is 2. The lowest BCUT2D eigenvalue weighted by molar-refractivity contribution is 0.0139. The van der Waals surface area contributed by atoms with Gasteiger partial charge in [-0.05, 0) is 24.3 Å². The highest BCUT2D eigenvalue weighted by Gasteiger charge is 2.35. The first-order valence-electron chi connectivity index (χ1n) is 6.53. The summed E-state index contributed by atoms with van der Waals surface area (Å²) in [6.45, 7) is 2.38. The molecule has 0 atom stereocenters. The first kappa shape index (κ1) is 14.9. The number of imide groups is 1. The van der Waals surface area contributed by atoms with Crippen molar-refractivity contribution < 1.29 is 19.5 Å². The zero-order chi connectivity index (χ0) is 15.2. The third kappa shape index (κ3) is 3.16. The van der Waals surface area contributed by atoms with Gasteiger partial charge in [-0.25, -0.2) is 4.90 Å². The summed E-state index contributed by atoms with van der Waals surface area (Å²) in [7, 11) is 0. The average Bonchev–Trinajstić information content (AvgIpc) is 2.75. The monoisotopic (exact) mass is 292 g/mol. The molecule has 0 unspecified atom stereocenters. The number of carbonyl (C=O) groups excluding carboxylic acids is 2. The molecular weight excluding hydrogens is 276 g/mol. The van der Waals surface area contributed by atoms with E-state index in [-0.39, 0.29) is 13.3 Å². The molecule has 2 amide bonds. The van der Waals surface area contributed by atoms with Crippen molar-refractivity contribution in [1.82, 2.24) is 9.91 Å². The molecule has 1 aliphatic rings. The predicted molar refractivity (Wildman–Crippen MR) is 72.1 cm³/mol. The van der Waals surface area contributed by atoms with E-state index < -0.39 is 11.8 Å². The van der Waals surface area contributed by atoms with E-state index in [1.807, 2.05) is 6.92 Å². The van der Waals surface area contributed by atoms with Crippen molar-refractivity contribution in [3.05, 3.63) is 35.4 Å². The van der Waals surface area contributed by atoms with Crippen molar-refractivity contribution >= 4 is 11.8 Å². The minimum absolute atomic E-state index is 0.0503. The summed E-state index contributed by atoms with van der Waals surface area (Å²) in [5.74, 6) is -0.818. The lowest BCUT2D eigenvalue weighted by Crippen LogP contribution is -2.31. The van der Waals surface area contributed by atoms with E-state index in [1.54, 1.807) is 24.3 Å². The van der Waals surface area contributed by atoms with Gasteiger partial charge in [-0.1, -0.05) is 12.1 Å². The first-order valence-corrected chi connectivity index (χ1v) is 6.53. The molecule has 0 bridgehead atoms. The van der Waals surface area contributed by atoms with E-state index in [2.05, 4.69) is 10.5 Å². The van der Waals surface area contributed by atoms with Crippen molar-refractivity contribution in [3.8, 4) is 0 Å². The fourth-order valence-corrected chi connectivity index (χ4v) is 1.90. The van der Waals surface area contributed by atoms with Crippen LogP contribution in [0.15, 0.2) is 34.8 Å². The second kappa shape index (κ2) is 6.80. The Labute approximate surface area is 121 Å². The van der Waals surface area contributed by atoms with Gasteiger partial charge in [-0.2, -0.15) is 0 Å². The molecule has 0 aliphatic carbocycles. The van der Waals surface area contributed by atoms with E-state index in [0.29, 0.717) is 24.2 Å². The number of fused-ring (bicyclic) bond motifs is 1. The Kier molecular flexibility index (Phi) is 4.83. The number of aliphatic hydroxyl groups is 1. The molecule has 2 rings (SSSR count). The number of likely N-dealkylation sites (N-methyl/N-ethyl adjacent to an activating group) is 1. The summed E-state index contributed by atoms with van der Waals surface area (Å²) in [4.78, 5) is 29.9. The molecule has 0 saturated heterocycles. The van der Waals surface area contributed by atoms with Gasteiger partial charge >= 0.3 is 0 Å². The zero-order valence-electron chi connectivity index (χ0n) is 11.6. The molecule has 21 heavy (non-hydrogen) atoms. The number of aliphatic hydroxyl groups excluding tert-OH is 1. The van der Waals surface area contributed by atoms with Crippen LogP contribution >= 0.6 is 0 Å². The number of rotatable bonds is 7. The minimum atomic E-state index is -0.409. The summed E-state index contributed by atoms with van der Waals surface area (Å²) in [6, 6.07) is 6.58. The molecule has 1 aliphatic heterocycles. The molecule has 1 N–H and O–H groups in total.